The first-order valence-corrected chi connectivity index (χ1v) is 8.05. The number of hydrogen-bond acceptors (Lipinski definition) is 2. The molecule has 3 heteroatoms. The molecule has 0 bridgehead atoms. The molecule has 0 aromatic heterocycles. The van der Waals surface area contributed by atoms with Crippen molar-refractivity contribution < 1.29 is 0 Å². The quantitative estimate of drug-likeness (QED) is 0.890. The summed E-state index contributed by atoms with van der Waals surface area (Å²) in [6.07, 6.45) is 1.33. The van der Waals surface area contributed by atoms with Crippen LogP contribution in [0.1, 0.15) is 31.4 Å². The molecule has 19 heavy (non-hydrogen) atoms. The lowest BCUT2D eigenvalue weighted by Crippen LogP contribution is -2.30. The maximum atomic E-state index is 3.64. The summed E-state index contributed by atoms with van der Waals surface area (Å²) in [4.78, 5) is 2.58. The smallest absolute Gasteiger partial charge is 0.0222 e. The van der Waals surface area contributed by atoms with E-state index in [0.717, 1.165) is 19.0 Å². The summed E-state index contributed by atoms with van der Waals surface area (Å²) in [7, 11) is 0. The average molecular weight is 325 g/mol. The molecule has 1 saturated heterocycles. The zero-order chi connectivity index (χ0) is 13.8. The zero-order valence-corrected chi connectivity index (χ0v) is 13.8. The molecule has 1 aromatic rings. The van der Waals surface area contributed by atoms with Crippen molar-refractivity contribution in [2.45, 2.75) is 39.8 Å². The predicted octanol–water partition coefficient (Wildman–Crippen LogP) is 3.58. The maximum absolute atomic E-state index is 3.64. The monoisotopic (exact) mass is 324 g/mol. The molecule has 1 aromatic carbocycles. The molecule has 1 aliphatic rings. The summed E-state index contributed by atoms with van der Waals surface area (Å²) in [6, 6.07) is 7.27. The Morgan fingerprint density at radius 1 is 1.42 bits per heavy atom. The fraction of sp³-hybridized carbons (Fsp3) is 0.625. The fourth-order valence-corrected chi connectivity index (χ4v) is 3.34. The van der Waals surface area contributed by atoms with Crippen LogP contribution in [0.5, 0.6) is 0 Å². The van der Waals surface area contributed by atoms with Crippen molar-refractivity contribution in [3.05, 3.63) is 33.8 Å². The van der Waals surface area contributed by atoms with Gasteiger partial charge >= 0.3 is 0 Å². The Bertz CT molecular complexity index is 417. The molecule has 1 aliphatic heterocycles. The number of nitrogens with one attached hydrogen (secondary N) is 1. The highest BCUT2D eigenvalue weighted by molar-refractivity contribution is 9.10. The first-order valence-electron chi connectivity index (χ1n) is 7.26. The van der Waals surface area contributed by atoms with E-state index in [-0.39, 0.29) is 0 Å². The van der Waals surface area contributed by atoms with Crippen LogP contribution in [0.3, 0.4) is 0 Å². The third-order valence-electron chi connectivity index (χ3n) is 4.00. The molecule has 0 spiro atoms. The van der Waals surface area contributed by atoms with Gasteiger partial charge in [-0.2, -0.15) is 0 Å². The molecule has 1 N–H and O–H groups in total. The first-order chi connectivity index (χ1) is 9.06. The topological polar surface area (TPSA) is 15.3 Å². The number of hydrogen-bond donors (Lipinski definition) is 1. The van der Waals surface area contributed by atoms with E-state index in [2.05, 4.69) is 65.1 Å². The van der Waals surface area contributed by atoms with Crippen LogP contribution in [0.25, 0.3) is 0 Å². The van der Waals surface area contributed by atoms with Gasteiger partial charge in [-0.3, -0.25) is 0 Å². The van der Waals surface area contributed by atoms with Crippen molar-refractivity contribution in [3.63, 3.8) is 0 Å². The summed E-state index contributed by atoms with van der Waals surface area (Å²) in [5, 5.41) is 3.61. The maximum Gasteiger partial charge on any atom is 0.0222 e. The van der Waals surface area contributed by atoms with Gasteiger partial charge < -0.3 is 10.2 Å². The molecule has 1 atom stereocenters. The third-order valence-corrected chi connectivity index (χ3v) is 4.74. The van der Waals surface area contributed by atoms with Gasteiger partial charge in [-0.1, -0.05) is 28.1 Å². The van der Waals surface area contributed by atoms with Crippen LogP contribution in [0.4, 0.5) is 0 Å². The van der Waals surface area contributed by atoms with Gasteiger partial charge in [-0.05, 0) is 63.4 Å². The lowest BCUT2D eigenvalue weighted by atomic mass is 10.1. The lowest BCUT2D eigenvalue weighted by Gasteiger charge is -2.20. The molecule has 106 valence electrons. The fourth-order valence-electron chi connectivity index (χ4n) is 2.70. The average Bonchev–Trinajstić information content (AvgIpc) is 2.81. The highest BCUT2D eigenvalue weighted by Gasteiger charge is 2.23. The van der Waals surface area contributed by atoms with E-state index in [1.165, 1.54) is 35.1 Å². The van der Waals surface area contributed by atoms with Crippen molar-refractivity contribution in [2.75, 3.05) is 19.6 Å². The van der Waals surface area contributed by atoms with E-state index >= 15 is 0 Å². The Balaban J connectivity index is 1.75. The van der Waals surface area contributed by atoms with Crippen LogP contribution in [0, 0.1) is 12.8 Å². The Morgan fingerprint density at radius 3 is 2.84 bits per heavy atom. The molecule has 2 rings (SSSR count). The summed E-state index contributed by atoms with van der Waals surface area (Å²) in [5.41, 5.74) is 2.66. The molecule has 2 nitrogen and oxygen atoms in total. The number of nitrogens with zero attached hydrogens (tertiary/aromatic N) is 1. The summed E-state index contributed by atoms with van der Waals surface area (Å²) in [5.74, 6) is 0.812. The Kier molecular flexibility index (Phi) is 5.43. The minimum Gasteiger partial charge on any atom is -0.312 e. The summed E-state index contributed by atoms with van der Waals surface area (Å²) >= 11 is 3.64. The van der Waals surface area contributed by atoms with Gasteiger partial charge in [-0.15, -0.1) is 0 Å². The van der Waals surface area contributed by atoms with Gasteiger partial charge in [0.2, 0.25) is 0 Å². The Morgan fingerprint density at radius 2 is 2.21 bits per heavy atom. The van der Waals surface area contributed by atoms with Gasteiger partial charge in [0.25, 0.3) is 0 Å². The number of benzene rings is 1. The Hall–Kier alpha value is -0.380. The van der Waals surface area contributed by atoms with Crippen molar-refractivity contribution in [2.24, 2.45) is 5.92 Å². The summed E-state index contributed by atoms with van der Waals surface area (Å²) in [6.45, 7) is 11.3. The van der Waals surface area contributed by atoms with Gasteiger partial charge in [0.05, 0.1) is 0 Å². The second-order valence-corrected chi connectivity index (χ2v) is 6.82. The molecule has 1 fully saturated rings. The number of rotatable bonds is 5. The largest absolute Gasteiger partial charge is 0.312 e. The zero-order valence-electron chi connectivity index (χ0n) is 12.2. The molecular formula is C16H25BrN2. The van der Waals surface area contributed by atoms with Crippen LogP contribution in [-0.2, 0) is 6.54 Å². The van der Waals surface area contributed by atoms with Crippen molar-refractivity contribution in [1.82, 2.24) is 10.2 Å². The van der Waals surface area contributed by atoms with Gasteiger partial charge in [-0.25, -0.2) is 0 Å². The van der Waals surface area contributed by atoms with Gasteiger partial charge in [0.15, 0.2) is 0 Å². The van der Waals surface area contributed by atoms with Gasteiger partial charge in [0, 0.05) is 23.6 Å². The van der Waals surface area contributed by atoms with Crippen LogP contribution >= 0.6 is 15.9 Å². The van der Waals surface area contributed by atoms with Crippen molar-refractivity contribution in [3.8, 4) is 0 Å². The minimum absolute atomic E-state index is 0.691. The third kappa shape index (κ3) is 4.30. The molecule has 0 saturated carbocycles. The second kappa shape index (κ2) is 6.87. The number of likely N-dealkylation sites (tertiary alicyclic amines) is 1. The molecular weight excluding hydrogens is 300 g/mol. The molecule has 0 amide bonds. The van der Waals surface area contributed by atoms with E-state index in [4.69, 9.17) is 0 Å². The van der Waals surface area contributed by atoms with Crippen molar-refractivity contribution in [1.29, 1.82) is 0 Å². The van der Waals surface area contributed by atoms with Gasteiger partial charge in [0.1, 0.15) is 0 Å². The van der Waals surface area contributed by atoms with E-state index in [1.807, 2.05) is 0 Å². The van der Waals surface area contributed by atoms with Crippen molar-refractivity contribution >= 4 is 15.9 Å². The van der Waals surface area contributed by atoms with E-state index in [0.29, 0.717) is 6.04 Å². The SMILES string of the molecule is Cc1ccc(CNCC2CCN(C(C)C)C2)c(Br)c1. The predicted molar refractivity (Wildman–Crippen MR) is 85.4 cm³/mol. The van der Waals surface area contributed by atoms with E-state index < -0.39 is 0 Å². The summed E-state index contributed by atoms with van der Waals surface area (Å²) < 4.78 is 1.22. The second-order valence-electron chi connectivity index (χ2n) is 5.97. The highest BCUT2D eigenvalue weighted by Crippen LogP contribution is 2.20. The van der Waals surface area contributed by atoms with E-state index in [1.54, 1.807) is 0 Å². The standard InChI is InChI=1S/C16H25BrN2/c1-12(2)19-7-6-14(11-19)9-18-10-15-5-4-13(3)8-16(15)17/h4-5,8,12,14,18H,6-7,9-11H2,1-3H3. The van der Waals surface area contributed by atoms with E-state index in [9.17, 15) is 0 Å². The van der Waals surface area contributed by atoms with Crippen LogP contribution in [0.2, 0.25) is 0 Å². The molecule has 1 heterocycles. The normalized spacial score (nSPS) is 20.4. The number of halogens is 1. The molecule has 0 aliphatic carbocycles. The van der Waals surface area contributed by atoms with Crippen LogP contribution in [-0.4, -0.2) is 30.6 Å². The Labute approximate surface area is 125 Å². The lowest BCUT2D eigenvalue weighted by molar-refractivity contribution is 0.264. The highest BCUT2D eigenvalue weighted by atomic mass is 79.9. The van der Waals surface area contributed by atoms with Crippen LogP contribution in [0.15, 0.2) is 22.7 Å². The van der Waals surface area contributed by atoms with Crippen LogP contribution < -0.4 is 5.32 Å². The number of aryl methyl sites for hydroxylation is 1. The minimum atomic E-state index is 0.691. The molecule has 1 unspecified atom stereocenters. The molecule has 0 radical (unpaired) electrons. The first kappa shape index (κ1) is 15.0.